The molecule has 0 aliphatic carbocycles. The molecule has 11 heteroatoms. The van der Waals surface area contributed by atoms with E-state index in [0.717, 1.165) is 24.0 Å². The Balaban J connectivity index is 1.56. The van der Waals surface area contributed by atoms with Crippen molar-refractivity contribution in [2.75, 3.05) is 58.9 Å². The Morgan fingerprint density at radius 1 is 1.02 bits per heavy atom. The van der Waals surface area contributed by atoms with Crippen molar-refractivity contribution in [2.24, 2.45) is 11.8 Å². The van der Waals surface area contributed by atoms with Gasteiger partial charge in [-0.2, -0.15) is 0 Å². The fourth-order valence-electron chi connectivity index (χ4n) is 6.61. The number of para-hydroxylation sites is 1. The summed E-state index contributed by atoms with van der Waals surface area (Å²) < 4.78 is 16.9. The second-order valence-electron chi connectivity index (χ2n) is 14.4. The first kappa shape index (κ1) is 37.7. The second-order valence-corrected chi connectivity index (χ2v) is 14.4. The molecule has 3 atom stereocenters. The first-order valence-corrected chi connectivity index (χ1v) is 17.4. The molecule has 0 spiro atoms. The molecule has 1 saturated heterocycles. The molecule has 268 valence electrons. The SMILES string of the molecule is CCc1ccc(C(=O)N(C[C@@H]2CN(C(=O)OC(C)(C)C)C[C@H]2CN(C)C(=O)C2CC(=O)Nc3ccccc32)C(C)C)cc1OCCCOC. The molecule has 0 aromatic heterocycles. The maximum atomic E-state index is 14.1. The molecule has 2 aliphatic rings. The molecule has 0 radical (unpaired) electrons. The Kier molecular flexibility index (Phi) is 12.7. The lowest BCUT2D eigenvalue weighted by Crippen LogP contribution is -2.44. The van der Waals surface area contributed by atoms with Gasteiger partial charge >= 0.3 is 6.09 Å². The van der Waals surface area contributed by atoms with E-state index in [-0.39, 0.29) is 42.0 Å². The Morgan fingerprint density at radius 3 is 2.37 bits per heavy atom. The van der Waals surface area contributed by atoms with Crippen LogP contribution in [-0.4, -0.2) is 104 Å². The van der Waals surface area contributed by atoms with Gasteiger partial charge in [-0.15, -0.1) is 0 Å². The number of hydrogen-bond donors (Lipinski definition) is 1. The number of anilines is 1. The molecule has 0 saturated carbocycles. The maximum Gasteiger partial charge on any atom is 0.410 e. The molecule has 11 nitrogen and oxygen atoms in total. The van der Waals surface area contributed by atoms with Gasteiger partial charge in [0, 0.05) is 88.9 Å². The van der Waals surface area contributed by atoms with E-state index in [2.05, 4.69) is 12.2 Å². The van der Waals surface area contributed by atoms with E-state index >= 15 is 0 Å². The van der Waals surface area contributed by atoms with Crippen LogP contribution in [0.15, 0.2) is 42.5 Å². The summed E-state index contributed by atoms with van der Waals surface area (Å²) >= 11 is 0. The van der Waals surface area contributed by atoms with Gasteiger partial charge in [-0.3, -0.25) is 14.4 Å². The third-order valence-electron chi connectivity index (χ3n) is 9.17. The van der Waals surface area contributed by atoms with Gasteiger partial charge in [0.2, 0.25) is 11.8 Å². The second kappa shape index (κ2) is 16.5. The topological polar surface area (TPSA) is 118 Å². The number of likely N-dealkylation sites (N-methyl/N-ethyl adjacent to an activating group) is 1. The lowest BCUT2D eigenvalue weighted by Gasteiger charge is -2.34. The number of fused-ring (bicyclic) bond motifs is 1. The number of nitrogens with one attached hydrogen (secondary N) is 1. The first-order valence-electron chi connectivity index (χ1n) is 17.4. The number of amides is 4. The van der Waals surface area contributed by atoms with E-state index in [4.69, 9.17) is 14.2 Å². The summed E-state index contributed by atoms with van der Waals surface area (Å²) in [6.45, 7) is 14.1. The molecule has 1 N–H and O–H groups in total. The summed E-state index contributed by atoms with van der Waals surface area (Å²) in [5.74, 6) is -0.628. The smallest absolute Gasteiger partial charge is 0.410 e. The van der Waals surface area contributed by atoms with Gasteiger partial charge in [-0.05, 0) is 70.4 Å². The number of likely N-dealkylation sites (tertiary alicyclic amines) is 1. The van der Waals surface area contributed by atoms with Crippen LogP contribution < -0.4 is 10.1 Å². The van der Waals surface area contributed by atoms with E-state index in [1.165, 1.54) is 0 Å². The average Bonchev–Trinajstić information content (AvgIpc) is 3.45. The van der Waals surface area contributed by atoms with Gasteiger partial charge in [0.15, 0.2) is 0 Å². The molecular formula is C38H54N4O7. The van der Waals surface area contributed by atoms with E-state index < -0.39 is 17.6 Å². The van der Waals surface area contributed by atoms with E-state index in [1.54, 1.807) is 24.0 Å². The van der Waals surface area contributed by atoms with Crippen LogP contribution >= 0.6 is 0 Å². The van der Waals surface area contributed by atoms with Gasteiger partial charge in [0.05, 0.1) is 12.5 Å². The highest BCUT2D eigenvalue weighted by Gasteiger charge is 2.41. The maximum absolute atomic E-state index is 14.1. The molecule has 2 aromatic carbocycles. The molecule has 49 heavy (non-hydrogen) atoms. The zero-order chi connectivity index (χ0) is 35.9. The third kappa shape index (κ3) is 9.74. The van der Waals surface area contributed by atoms with Crippen LogP contribution in [-0.2, 0) is 25.5 Å². The van der Waals surface area contributed by atoms with Gasteiger partial charge in [0.1, 0.15) is 11.4 Å². The fraction of sp³-hybridized carbons (Fsp3) is 0.579. The number of carbonyl (C=O) groups excluding carboxylic acids is 4. The molecule has 2 aromatic rings. The highest BCUT2D eigenvalue weighted by Crippen LogP contribution is 2.35. The molecule has 4 amide bonds. The van der Waals surface area contributed by atoms with Crippen molar-refractivity contribution in [3.63, 3.8) is 0 Å². The number of benzene rings is 2. The monoisotopic (exact) mass is 678 g/mol. The Bertz CT molecular complexity index is 1490. The molecule has 1 unspecified atom stereocenters. The summed E-state index contributed by atoms with van der Waals surface area (Å²) in [6.07, 6.45) is 1.17. The standard InChI is InChI=1S/C38H54N4O7/c1-9-26-15-16-27(19-33(26)48-18-12-17-47-8)35(44)42(25(2)3)24-29-23-41(37(46)49-38(4,5)6)22-28(29)21-40(7)36(45)31-20-34(43)39-32-14-11-10-13-30(31)32/h10-11,13-16,19,25,28-29,31H,9,12,17-18,20-24H2,1-8H3,(H,39,43)/t28-,29+,31?/m1/s1. The molecule has 2 heterocycles. The molecular weight excluding hydrogens is 624 g/mol. The Labute approximate surface area is 291 Å². The van der Waals surface area contributed by atoms with Gasteiger partial charge in [-0.1, -0.05) is 31.2 Å². The van der Waals surface area contributed by atoms with Gasteiger partial charge in [-0.25, -0.2) is 4.79 Å². The lowest BCUT2D eigenvalue weighted by atomic mass is 9.88. The molecule has 0 bridgehead atoms. The zero-order valence-corrected chi connectivity index (χ0v) is 30.4. The van der Waals surface area contributed by atoms with Crippen molar-refractivity contribution in [3.05, 3.63) is 59.2 Å². The van der Waals surface area contributed by atoms with Crippen molar-refractivity contribution < 1.29 is 33.4 Å². The van der Waals surface area contributed by atoms with Crippen LogP contribution in [0.3, 0.4) is 0 Å². The van der Waals surface area contributed by atoms with Crippen LogP contribution in [0.4, 0.5) is 10.5 Å². The molecule has 2 aliphatic heterocycles. The van der Waals surface area contributed by atoms with Crippen molar-refractivity contribution >= 4 is 29.5 Å². The number of methoxy groups -OCH3 is 1. The van der Waals surface area contributed by atoms with Crippen molar-refractivity contribution in [3.8, 4) is 5.75 Å². The Hall–Kier alpha value is -4.12. The largest absolute Gasteiger partial charge is 0.493 e. The summed E-state index contributed by atoms with van der Waals surface area (Å²) in [4.78, 5) is 59.0. The number of rotatable bonds is 13. The summed E-state index contributed by atoms with van der Waals surface area (Å²) in [5, 5.41) is 2.86. The normalized spacial score (nSPS) is 18.9. The zero-order valence-electron chi connectivity index (χ0n) is 30.4. The molecule has 4 rings (SSSR count). The number of ether oxygens (including phenoxy) is 3. The average molecular weight is 679 g/mol. The highest BCUT2D eigenvalue weighted by molar-refractivity contribution is 6.01. The lowest BCUT2D eigenvalue weighted by molar-refractivity contribution is -0.134. The van der Waals surface area contributed by atoms with Crippen LogP contribution in [0.2, 0.25) is 0 Å². The minimum absolute atomic E-state index is 0.0723. The van der Waals surface area contributed by atoms with Gasteiger partial charge < -0.3 is 34.2 Å². The van der Waals surface area contributed by atoms with Gasteiger partial charge in [0.25, 0.3) is 5.91 Å². The van der Waals surface area contributed by atoms with Crippen molar-refractivity contribution in [1.82, 2.24) is 14.7 Å². The van der Waals surface area contributed by atoms with E-state index in [1.807, 2.05) is 82.0 Å². The highest BCUT2D eigenvalue weighted by atomic mass is 16.6. The predicted molar refractivity (Wildman–Crippen MR) is 189 cm³/mol. The number of nitrogens with zero attached hydrogens (tertiary/aromatic N) is 3. The quantitative estimate of drug-likeness (QED) is 0.275. The van der Waals surface area contributed by atoms with Crippen molar-refractivity contribution in [2.45, 2.75) is 78.4 Å². The fourth-order valence-corrected chi connectivity index (χ4v) is 6.61. The van der Waals surface area contributed by atoms with Crippen LogP contribution in [0.25, 0.3) is 0 Å². The predicted octanol–water partition coefficient (Wildman–Crippen LogP) is 5.58. The van der Waals surface area contributed by atoms with E-state index in [0.29, 0.717) is 56.4 Å². The van der Waals surface area contributed by atoms with E-state index in [9.17, 15) is 19.2 Å². The minimum atomic E-state index is -0.666. The minimum Gasteiger partial charge on any atom is -0.493 e. The summed E-state index contributed by atoms with van der Waals surface area (Å²) in [7, 11) is 3.41. The Morgan fingerprint density at radius 2 is 1.71 bits per heavy atom. The third-order valence-corrected chi connectivity index (χ3v) is 9.17. The number of hydrogen-bond acceptors (Lipinski definition) is 7. The first-order chi connectivity index (χ1) is 23.2. The van der Waals surface area contributed by atoms with Crippen LogP contribution in [0.1, 0.15) is 81.8 Å². The van der Waals surface area contributed by atoms with Crippen LogP contribution in [0.5, 0.6) is 5.75 Å². The summed E-state index contributed by atoms with van der Waals surface area (Å²) in [6, 6.07) is 12.9. The number of aryl methyl sites for hydroxylation is 1. The van der Waals surface area contributed by atoms with Crippen LogP contribution in [0, 0.1) is 11.8 Å². The summed E-state index contributed by atoms with van der Waals surface area (Å²) in [5.41, 5.74) is 2.35. The van der Waals surface area contributed by atoms with Crippen molar-refractivity contribution in [1.29, 1.82) is 0 Å². The number of carbonyl (C=O) groups is 4. The molecule has 1 fully saturated rings.